The minimum atomic E-state index is -2.94. The summed E-state index contributed by atoms with van der Waals surface area (Å²) in [6.45, 7) is 0.0492. The Morgan fingerprint density at radius 1 is 1.71 bits per heavy atom. The largest absolute Gasteiger partial charge is 0.380 e. The van der Waals surface area contributed by atoms with Crippen molar-refractivity contribution in [3.05, 3.63) is 0 Å². The molecule has 0 spiro atoms. The Balaban J connectivity index is 2.34. The Labute approximate surface area is 90.5 Å². The molecular weight excluding hydrogens is 223 g/mol. The maximum absolute atomic E-state index is 11.1. The standard InChI is InChI=1S/C7H14BClNO3P/c1-10-3-6(13-7(8)4-10)5-12-14(2,9)11/h6-7H,3-5H2,1-2H3. The summed E-state index contributed by atoms with van der Waals surface area (Å²) in [7, 11) is 7.58. The van der Waals surface area contributed by atoms with Crippen molar-refractivity contribution in [3.8, 4) is 0 Å². The summed E-state index contributed by atoms with van der Waals surface area (Å²) in [6.07, 6.45) is -0.157. The lowest BCUT2D eigenvalue weighted by molar-refractivity contribution is -0.0588. The number of halogens is 1. The van der Waals surface area contributed by atoms with E-state index in [-0.39, 0.29) is 18.7 Å². The maximum atomic E-state index is 11.1. The molecule has 80 valence electrons. The summed E-state index contributed by atoms with van der Waals surface area (Å²) in [5, 5.41) is 0. The summed E-state index contributed by atoms with van der Waals surface area (Å²) in [6, 6.07) is -0.311. The molecule has 1 aliphatic rings. The van der Waals surface area contributed by atoms with Gasteiger partial charge in [-0.25, -0.2) is 0 Å². The number of rotatable bonds is 3. The summed E-state index contributed by atoms with van der Waals surface area (Å²) in [5.74, 6) is 0. The first kappa shape index (κ1) is 12.5. The van der Waals surface area contributed by atoms with E-state index in [1.54, 1.807) is 0 Å². The zero-order valence-electron chi connectivity index (χ0n) is 8.35. The molecule has 0 saturated carbocycles. The van der Waals surface area contributed by atoms with Gasteiger partial charge in [0.25, 0.3) is 6.72 Å². The summed E-state index contributed by atoms with van der Waals surface area (Å²) in [5.41, 5.74) is 0. The third kappa shape index (κ3) is 4.81. The van der Waals surface area contributed by atoms with Gasteiger partial charge in [-0.2, -0.15) is 0 Å². The second-order valence-corrected chi connectivity index (χ2v) is 7.15. The minimum Gasteiger partial charge on any atom is -0.380 e. The molecule has 1 fully saturated rings. The fraction of sp³-hybridized carbons (Fsp3) is 1.00. The Bertz CT molecular complexity index is 227. The first-order valence-electron chi connectivity index (χ1n) is 4.38. The summed E-state index contributed by atoms with van der Waals surface area (Å²) in [4.78, 5) is 2.04. The van der Waals surface area contributed by atoms with Gasteiger partial charge in [-0.3, -0.25) is 4.57 Å². The van der Waals surface area contributed by atoms with Gasteiger partial charge in [0.15, 0.2) is 0 Å². The van der Waals surface area contributed by atoms with E-state index in [9.17, 15) is 4.57 Å². The number of hydrogen-bond acceptors (Lipinski definition) is 4. The van der Waals surface area contributed by atoms with Gasteiger partial charge in [0.1, 0.15) is 7.85 Å². The van der Waals surface area contributed by atoms with Crippen LogP contribution >= 0.6 is 18.0 Å². The highest BCUT2D eigenvalue weighted by molar-refractivity contribution is 7.84. The molecule has 0 aromatic carbocycles. The predicted octanol–water partition coefficient (Wildman–Crippen LogP) is 0.890. The van der Waals surface area contributed by atoms with Crippen LogP contribution in [0.3, 0.4) is 0 Å². The van der Waals surface area contributed by atoms with Crippen LogP contribution in [0.2, 0.25) is 0 Å². The van der Waals surface area contributed by atoms with Gasteiger partial charge in [0, 0.05) is 25.8 Å². The number of nitrogens with zero attached hydrogens (tertiary/aromatic N) is 1. The van der Waals surface area contributed by atoms with Crippen LogP contribution in [0.25, 0.3) is 0 Å². The van der Waals surface area contributed by atoms with E-state index < -0.39 is 6.72 Å². The van der Waals surface area contributed by atoms with Crippen LogP contribution in [-0.4, -0.2) is 58.3 Å². The molecule has 1 saturated heterocycles. The Morgan fingerprint density at radius 3 is 2.86 bits per heavy atom. The normalized spacial score (nSPS) is 33.9. The molecule has 7 heteroatoms. The van der Waals surface area contributed by atoms with Crippen molar-refractivity contribution in [1.82, 2.24) is 4.90 Å². The van der Waals surface area contributed by atoms with E-state index in [0.717, 1.165) is 0 Å². The van der Waals surface area contributed by atoms with Gasteiger partial charge in [0.05, 0.1) is 12.7 Å². The van der Waals surface area contributed by atoms with E-state index in [1.807, 2.05) is 11.9 Å². The van der Waals surface area contributed by atoms with E-state index in [1.165, 1.54) is 6.66 Å². The number of morpholine rings is 1. The zero-order chi connectivity index (χ0) is 10.8. The highest BCUT2D eigenvalue weighted by Crippen LogP contribution is 2.48. The lowest BCUT2D eigenvalue weighted by atomic mass is 9.98. The van der Waals surface area contributed by atoms with Crippen LogP contribution in [0.1, 0.15) is 0 Å². The van der Waals surface area contributed by atoms with Crippen molar-refractivity contribution in [2.24, 2.45) is 0 Å². The third-order valence-electron chi connectivity index (χ3n) is 1.87. The fourth-order valence-electron chi connectivity index (χ4n) is 1.37. The number of likely N-dealkylation sites (N-methyl/N-ethyl adjacent to an activating group) is 1. The highest BCUT2D eigenvalue weighted by Gasteiger charge is 2.24. The van der Waals surface area contributed by atoms with Gasteiger partial charge in [-0.15, -0.1) is 0 Å². The molecule has 1 aliphatic heterocycles. The predicted molar refractivity (Wildman–Crippen MR) is 57.2 cm³/mol. The molecule has 0 amide bonds. The third-order valence-corrected chi connectivity index (χ3v) is 2.77. The molecule has 0 aromatic rings. The first-order chi connectivity index (χ1) is 6.37. The minimum absolute atomic E-state index is 0.157. The molecule has 3 unspecified atom stereocenters. The van der Waals surface area contributed by atoms with Gasteiger partial charge in [0.2, 0.25) is 0 Å². The van der Waals surface area contributed by atoms with E-state index in [2.05, 4.69) is 0 Å². The van der Waals surface area contributed by atoms with Crippen molar-refractivity contribution in [1.29, 1.82) is 0 Å². The lowest BCUT2D eigenvalue weighted by Crippen LogP contribution is -2.47. The Kier molecular flexibility index (Phi) is 4.47. The van der Waals surface area contributed by atoms with Gasteiger partial charge >= 0.3 is 0 Å². The van der Waals surface area contributed by atoms with Gasteiger partial charge in [-0.1, -0.05) is 0 Å². The zero-order valence-corrected chi connectivity index (χ0v) is 10.0. The molecule has 14 heavy (non-hydrogen) atoms. The fourth-order valence-corrected chi connectivity index (χ4v) is 1.97. The van der Waals surface area contributed by atoms with Crippen molar-refractivity contribution in [2.75, 3.05) is 33.4 Å². The smallest absolute Gasteiger partial charge is 0.287 e. The second kappa shape index (κ2) is 5.00. The van der Waals surface area contributed by atoms with E-state index in [0.29, 0.717) is 13.1 Å². The lowest BCUT2D eigenvalue weighted by Gasteiger charge is -2.34. The molecule has 1 heterocycles. The number of ether oxygens (including phenoxy) is 1. The van der Waals surface area contributed by atoms with Crippen molar-refractivity contribution in [3.63, 3.8) is 0 Å². The molecule has 3 atom stereocenters. The average molecular weight is 237 g/mol. The van der Waals surface area contributed by atoms with Gasteiger partial charge in [-0.05, 0) is 18.3 Å². The molecule has 1 rings (SSSR count). The monoisotopic (exact) mass is 237 g/mol. The van der Waals surface area contributed by atoms with Crippen LogP contribution in [0.4, 0.5) is 0 Å². The van der Waals surface area contributed by atoms with Crippen LogP contribution in [0, 0.1) is 0 Å². The van der Waals surface area contributed by atoms with Crippen LogP contribution in [-0.2, 0) is 13.8 Å². The SMILES string of the molecule is [B]C1CN(C)CC(COP(C)(=O)Cl)O1. The average Bonchev–Trinajstić information content (AvgIpc) is 1.97. The Morgan fingerprint density at radius 2 is 2.36 bits per heavy atom. The molecule has 0 N–H and O–H groups in total. The van der Waals surface area contributed by atoms with E-state index >= 15 is 0 Å². The maximum Gasteiger partial charge on any atom is 0.287 e. The second-order valence-electron chi connectivity index (χ2n) is 3.56. The molecule has 4 nitrogen and oxygen atoms in total. The van der Waals surface area contributed by atoms with Crippen LogP contribution in [0.5, 0.6) is 0 Å². The quantitative estimate of drug-likeness (QED) is 0.540. The Hall–Kier alpha value is 0.465. The van der Waals surface area contributed by atoms with Crippen molar-refractivity contribution in [2.45, 2.75) is 12.1 Å². The summed E-state index contributed by atoms with van der Waals surface area (Å²) < 4.78 is 21.4. The first-order valence-corrected chi connectivity index (χ1v) is 7.36. The number of hydrogen-bond donors (Lipinski definition) is 0. The molecular formula is C7H14BClNO3P. The van der Waals surface area contributed by atoms with Crippen molar-refractivity contribution >= 4 is 25.8 Å². The summed E-state index contributed by atoms with van der Waals surface area (Å²) >= 11 is 5.46. The van der Waals surface area contributed by atoms with E-state index in [4.69, 9.17) is 28.3 Å². The molecule has 0 aromatic heterocycles. The van der Waals surface area contributed by atoms with Crippen LogP contribution in [0.15, 0.2) is 0 Å². The highest BCUT2D eigenvalue weighted by atomic mass is 35.7. The van der Waals surface area contributed by atoms with Gasteiger partial charge < -0.3 is 14.2 Å². The molecule has 2 radical (unpaired) electrons. The molecule has 0 aliphatic carbocycles. The van der Waals surface area contributed by atoms with Crippen LogP contribution < -0.4 is 0 Å². The molecule has 0 bridgehead atoms. The van der Waals surface area contributed by atoms with Crippen molar-refractivity contribution < 1.29 is 13.8 Å². The topological polar surface area (TPSA) is 38.8 Å².